The summed E-state index contributed by atoms with van der Waals surface area (Å²) in [5, 5.41) is 0.985. The fraction of sp³-hybridized carbons (Fsp3) is 0.400. The van der Waals surface area contributed by atoms with Crippen molar-refractivity contribution in [2.75, 3.05) is 33.1 Å². The summed E-state index contributed by atoms with van der Waals surface area (Å²) in [7, 11) is 3.12. The van der Waals surface area contributed by atoms with E-state index in [4.69, 9.17) is 14.5 Å². The average Bonchev–Trinajstić information content (AvgIpc) is 2.81. The number of para-hydroxylation sites is 1. The van der Waals surface area contributed by atoms with Gasteiger partial charge in [0.2, 0.25) is 5.91 Å². The quantitative estimate of drug-likeness (QED) is 0.403. The molecule has 1 aliphatic heterocycles. The van der Waals surface area contributed by atoms with Gasteiger partial charge in [-0.25, -0.2) is 4.98 Å². The third-order valence-corrected chi connectivity index (χ3v) is 6.84. The van der Waals surface area contributed by atoms with E-state index < -0.39 is 0 Å². The molecule has 2 atom stereocenters. The van der Waals surface area contributed by atoms with Crippen LogP contribution < -0.4 is 15.0 Å². The van der Waals surface area contributed by atoms with Crippen LogP contribution in [-0.4, -0.2) is 53.4 Å². The van der Waals surface area contributed by atoms with Gasteiger partial charge >= 0.3 is 0 Å². The number of carbonyl (C=O) groups is 1. The zero-order valence-corrected chi connectivity index (χ0v) is 20.2. The van der Waals surface area contributed by atoms with Crippen LogP contribution in [0.1, 0.15) is 20.3 Å². The van der Waals surface area contributed by atoms with Crippen LogP contribution in [0, 0.1) is 11.8 Å². The van der Waals surface area contributed by atoms with Crippen LogP contribution in [0.15, 0.2) is 52.4 Å². The number of ether oxygens (including phenoxy) is 2. The summed E-state index contributed by atoms with van der Waals surface area (Å²) in [4.78, 5) is 33.2. The molecule has 1 amide bonds. The van der Waals surface area contributed by atoms with E-state index in [9.17, 15) is 9.59 Å². The summed E-state index contributed by atoms with van der Waals surface area (Å²) in [6.07, 6.45) is 1.14. The van der Waals surface area contributed by atoms with Gasteiger partial charge in [-0.3, -0.25) is 14.2 Å². The summed E-state index contributed by atoms with van der Waals surface area (Å²) < 4.78 is 12.3. The first-order valence-corrected chi connectivity index (χ1v) is 12.0. The molecule has 0 saturated carbocycles. The lowest BCUT2D eigenvalue weighted by atomic mass is 9.92. The number of aromatic nitrogens is 2. The first kappa shape index (κ1) is 23.2. The monoisotopic (exact) mass is 467 g/mol. The molecular formula is C25H29N3O4S. The van der Waals surface area contributed by atoms with Gasteiger partial charge in [-0.15, -0.1) is 0 Å². The number of fused-ring (bicyclic) bond motifs is 1. The molecule has 174 valence electrons. The van der Waals surface area contributed by atoms with Crippen LogP contribution in [0.3, 0.4) is 0 Å². The number of amides is 1. The van der Waals surface area contributed by atoms with Crippen molar-refractivity contribution in [3.05, 3.63) is 52.8 Å². The van der Waals surface area contributed by atoms with E-state index in [-0.39, 0.29) is 17.2 Å². The van der Waals surface area contributed by atoms with Crippen molar-refractivity contribution in [3.63, 3.8) is 0 Å². The number of rotatable bonds is 6. The first-order valence-electron chi connectivity index (χ1n) is 11.1. The highest BCUT2D eigenvalue weighted by molar-refractivity contribution is 7.99. The highest BCUT2D eigenvalue weighted by Gasteiger charge is 2.26. The SMILES string of the molecule is COc1ccc(-n2c(SCC(=O)N3CC(C)CC(C)C3)nc3ccccc3c2=O)cc1OC. The Morgan fingerprint density at radius 1 is 1.06 bits per heavy atom. The molecule has 2 unspecified atom stereocenters. The molecule has 8 heteroatoms. The maximum atomic E-state index is 13.5. The molecule has 3 aromatic rings. The number of methoxy groups -OCH3 is 2. The van der Waals surface area contributed by atoms with Crippen molar-refractivity contribution in [2.24, 2.45) is 11.8 Å². The molecular weight excluding hydrogens is 438 g/mol. The highest BCUT2D eigenvalue weighted by atomic mass is 32.2. The lowest BCUT2D eigenvalue weighted by molar-refractivity contribution is -0.130. The van der Waals surface area contributed by atoms with E-state index in [1.807, 2.05) is 23.1 Å². The van der Waals surface area contributed by atoms with Crippen molar-refractivity contribution < 1.29 is 14.3 Å². The third kappa shape index (κ3) is 4.85. The minimum atomic E-state index is -0.192. The average molecular weight is 468 g/mol. The molecule has 0 N–H and O–H groups in total. The number of carbonyl (C=O) groups excluding carboxylic acids is 1. The number of hydrogen-bond acceptors (Lipinski definition) is 6. The number of nitrogens with zero attached hydrogens (tertiary/aromatic N) is 3. The second-order valence-corrected chi connectivity index (χ2v) is 9.57. The minimum Gasteiger partial charge on any atom is -0.493 e. The summed E-state index contributed by atoms with van der Waals surface area (Å²) in [6.45, 7) is 5.92. The third-order valence-electron chi connectivity index (χ3n) is 5.92. The molecule has 1 aliphatic rings. The van der Waals surface area contributed by atoms with E-state index in [0.29, 0.717) is 45.1 Å². The van der Waals surface area contributed by atoms with Crippen molar-refractivity contribution in [1.82, 2.24) is 14.5 Å². The standard InChI is InChI=1S/C25H29N3O4S/c1-16-11-17(2)14-27(13-16)23(29)15-33-25-26-20-8-6-5-7-19(20)24(30)28(25)18-9-10-21(31-3)22(12-18)32-4/h5-10,12,16-17H,11,13-15H2,1-4H3. The lowest BCUT2D eigenvalue weighted by Gasteiger charge is -2.35. The van der Waals surface area contributed by atoms with Crippen LogP contribution in [-0.2, 0) is 4.79 Å². The molecule has 0 aliphatic carbocycles. The Bertz CT molecular complexity index is 1220. The molecule has 2 heterocycles. The van der Waals surface area contributed by atoms with Gasteiger partial charge in [0.05, 0.1) is 36.6 Å². The van der Waals surface area contributed by atoms with Crippen molar-refractivity contribution in [2.45, 2.75) is 25.4 Å². The Morgan fingerprint density at radius 2 is 1.76 bits per heavy atom. The predicted molar refractivity (Wildman–Crippen MR) is 131 cm³/mol. The maximum absolute atomic E-state index is 13.5. The van der Waals surface area contributed by atoms with Crippen molar-refractivity contribution in [3.8, 4) is 17.2 Å². The number of likely N-dealkylation sites (tertiary alicyclic amines) is 1. The summed E-state index contributed by atoms with van der Waals surface area (Å²) in [5.41, 5.74) is 1.02. The predicted octanol–water partition coefficient (Wildman–Crippen LogP) is 4.00. The van der Waals surface area contributed by atoms with Crippen LogP contribution in [0.4, 0.5) is 0 Å². The topological polar surface area (TPSA) is 73.7 Å². The Labute approximate surface area is 197 Å². The van der Waals surface area contributed by atoms with E-state index in [0.717, 1.165) is 19.5 Å². The number of thioether (sulfide) groups is 1. The fourth-order valence-corrected chi connectivity index (χ4v) is 5.40. The minimum absolute atomic E-state index is 0.0691. The molecule has 0 radical (unpaired) electrons. The zero-order valence-electron chi connectivity index (χ0n) is 19.4. The largest absolute Gasteiger partial charge is 0.493 e. The van der Waals surface area contributed by atoms with E-state index in [1.165, 1.54) is 11.8 Å². The molecule has 1 aromatic heterocycles. The van der Waals surface area contributed by atoms with E-state index >= 15 is 0 Å². The van der Waals surface area contributed by atoms with Gasteiger partial charge in [-0.05, 0) is 42.5 Å². The van der Waals surface area contributed by atoms with Gasteiger partial charge in [0.1, 0.15) is 0 Å². The summed E-state index contributed by atoms with van der Waals surface area (Å²) in [5.74, 6) is 2.36. The second kappa shape index (κ2) is 9.87. The molecule has 7 nitrogen and oxygen atoms in total. The number of benzene rings is 2. The number of piperidine rings is 1. The molecule has 1 fully saturated rings. The Balaban J connectivity index is 1.72. The molecule has 2 aromatic carbocycles. The molecule has 33 heavy (non-hydrogen) atoms. The Morgan fingerprint density at radius 3 is 2.45 bits per heavy atom. The van der Waals surface area contributed by atoms with E-state index in [2.05, 4.69) is 13.8 Å². The summed E-state index contributed by atoms with van der Waals surface area (Å²) >= 11 is 1.29. The molecule has 0 spiro atoms. The number of hydrogen-bond donors (Lipinski definition) is 0. The zero-order chi connectivity index (χ0) is 23.5. The first-order chi connectivity index (χ1) is 15.9. The van der Waals surface area contributed by atoms with Gasteiger partial charge in [-0.2, -0.15) is 0 Å². The highest BCUT2D eigenvalue weighted by Crippen LogP contribution is 2.31. The van der Waals surface area contributed by atoms with Crippen LogP contribution in [0.5, 0.6) is 11.5 Å². The fourth-order valence-electron chi connectivity index (χ4n) is 4.49. The van der Waals surface area contributed by atoms with Crippen LogP contribution in [0.25, 0.3) is 16.6 Å². The van der Waals surface area contributed by atoms with Gasteiger partial charge < -0.3 is 14.4 Å². The van der Waals surface area contributed by atoms with Crippen molar-refractivity contribution in [1.29, 1.82) is 0 Å². The van der Waals surface area contributed by atoms with Crippen LogP contribution in [0.2, 0.25) is 0 Å². The lowest BCUT2D eigenvalue weighted by Crippen LogP contribution is -2.43. The van der Waals surface area contributed by atoms with Gasteiger partial charge in [0, 0.05) is 19.2 Å². The normalized spacial score (nSPS) is 18.4. The van der Waals surface area contributed by atoms with Crippen LogP contribution >= 0.6 is 11.8 Å². The van der Waals surface area contributed by atoms with Crippen molar-refractivity contribution >= 4 is 28.6 Å². The van der Waals surface area contributed by atoms with Gasteiger partial charge in [0.25, 0.3) is 5.56 Å². The Hall–Kier alpha value is -3.00. The second-order valence-electron chi connectivity index (χ2n) is 8.62. The molecule has 4 rings (SSSR count). The smallest absolute Gasteiger partial charge is 0.266 e. The van der Waals surface area contributed by atoms with Gasteiger partial charge in [0.15, 0.2) is 16.7 Å². The molecule has 0 bridgehead atoms. The Kier molecular flexibility index (Phi) is 6.93. The van der Waals surface area contributed by atoms with Gasteiger partial charge in [-0.1, -0.05) is 37.7 Å². The molecule has 1 saturated heterocycles. The van der Waals surface area contributed by atoms with E-state index in [1.54, 1.807) is 43.1 Å². The summed E-state index contributed by atoms with van der Waals surface area (Å²) in [6, 6.07) is 12.5. The maximum Gasteiger partial charge on any atom is 0.266 e.